The van der Waals surface area contributed by atoms with E-state index in [4.69, 9.17) is 4.52 Å². The molecule has 2 aromatic rings. The number of anilines is 1. The predicted octanol–water partition coefficient (Wildman–Crippen LogP) is 3.24. The number of aryl methyl sites for hydroxylation is 3. The Labute approximate surface area is 107 Å². The van der Waals surface area contributed by atoms with Crippen LogP contribution >= 0.6 is 0 Å². The normalized spacial score (nSPS) is 14.7. The molecule has 94 valence electrons. The summed E-state index contributed by atoms with van der Waals surface area (Å²) in [7, 11) is 0. The zero-order valence-corrected chi connectivity index (χ0v) is 10.9. The molecule has 0 amide bonds. The Morgan fingerprint density at radius 2 is 2.22 bits per heavy atom. The second-order valence-electron chi connectivity index (χ2n) is 5.06. The van der Waals surface area contributed by atoms with E-state index in [-0.39, 0.29) is 0 Å². The van der Waals surface area contributed by atoms with Gasteiger partial charge in [-0.25, -0.2) is 0 Å². The fraction of sp³-hybridized carbons (Fsp3) is 0.400. The highest BCUT2D eigenvalue weighted by Crippen LogP contribution is 2.29. The lowest BCUT2D eigenvalue weighted by molar-refractivity contribution is 0.396. The van der Waals surface area contributed by atoms with Crippen LogP contribution in [0.1, 0.15) is 28.9 Å². The van der Waals surface area contributed by atoms with Gasteiger partial charge in [-0.1, -0.05) is 22.9 Å². The molecule has 1 aromatic carbocycles. The summed E-state index contributed by atoms with van der Waals surface area (Å²) in [6, 6.07) is 6.74. The second-order valence-corrected chi connectivity index (χ2v) is 5.06. The first-order chi connectivity index (χ1) is 8.74. The third kappa shape index (κ3) is 2.01. The minimum absolute atomic E-state index is 0.894. The standard InChI is InChI=1S/C15H18N2O/c1-11-5-6-15-13(8-11)4-3-7-17(15)10-14-9-16-18-12(14)2/h5-6,8-9H,3-4,7,10H2,1-2H3. The Hall–Kier alpha value is -1.77. The summed E-state index contributed by atoms with van der Waals surface area (Å²) in [5.74, 6) is 0.925. The zero-order valence-electron chi connectivity index (χ0n) is 10.9. The third-order valence-corrected chi connectivity index (χ3v) is 3.66. The summed E-state index contributed by atoms with van der Waals surface area (Å²) in [5.41, 5.74) is 5.36. The van der Waals surface area contributed by atoms with Crippen LogP contribution < -0.4 is 4.90 Å². The van der Waals surface area contributed by atoms with Crippen LogP contribution in [-0.4, -0.2) is 11.7 Å². The highest BCUT2D eigenvalue weighted by molar-refractivity contribution is 5.57. The topological polar surface area (TPSA) is 29.3 Å². The van der Waals surface area contributed by atoms with Gasteiger partial charge >= 0.3 is 0 Å². The number of fused-ring (bicyclic) bond motifs is 1. The van der Waals surface area contributed by atoms with Crippen LogP contribution in [0.15, 0.2) is 28.9 Å². The highest BCUT2D eigenvalue weighted by Gasteiger charge is 2.18. The Morgan fingerprint density at radius 1 is 1.33 bits per heavy atom. The molecule has 0 spiro atoms. The number of hydrogen-bond acceptors (Lipinski definition) is 3. The Kier molecular flexibility index (Phi) is 2.82. The van der Waals surface area contributed by atoms with Crippen LogP contribution in [0.2, 0.25) is 0 Å². The van der Waals surface area contributed by atoms with Crippen molar-refractivity contribution in [1.29, 1.82) is 0 Å². The van der Waals surface area contributed by atoms with E-state index in [1.165, 1.54) is 35.2 Å². The molecule has 0 radical (unpaired) electrons. The van der Waals surface area contributed by atoms with E-state index in [1.54, 1.807) is 0 Å². The van der Waals surface area contributed by atoms with Gasteiger partial charge in [-0.05, 0) is 38.3 Å². The maximum absolute atomic E-state index is 5.14. The molecule has 0 aliphatic carbocycles. The van der Waals surface area contributed by atoms with Gasteiger partial charge in [0.05, 0.1) is 6.20 Å². The van der Waals surface area contributed by atoms with E-state index in [0.29, 0.717) is 0 Å². The van der Waals surface area contributed by atoms with E-state index in [9.17, 15) is 0 Å². The first-order valence-corrected chi connectivity index (χ1v) is 6.48. The minimum Gasteiger partial charge on any atom is -0.367 e. The largest absolute Gasteiger partial charge is 0.367 e. The lowest BCUT2D eigenvalue weighted by Crippen LogP contribution is -2.28. The Bertz CT molecular complexity index is 559. The molecule has 0 saturated carbocycles. The number of nitrogens with zero attached hydrogens (tertiary/aromatic N) is 2. The van der Waals surface area contributed by atoms with E-state index in [2.05, 4.69) is 35.2 Å². The number of aromatic nitrogens is 1. The quantitative estimate of drug-likeness (QED) is 0.809. The summed E-state index contributed by atoms with van der Waals surface area (Å²) in [5, 5.41) is 3.86. The molecule has 0 atom stereocenters. The number of benzene rings is 1. The lowest BCUT2D eigenvalue weighted by Gasteiger charge is -2.31. The average molecular weight is 242 g/mol. The maximum Gasteiger partial charge on any atom is 0.138 e. The van der Waals surface area contributed by atoms with E-state index < -0.39 is 0 Å². The molecule has 1 aliphatic rings. The molecular weight excluding hydrogens is 224 g/mol. The van der Waals surface area contributed by atoms with Crippen molar-refractivity contribution < 1.29 is 4.52 Å². The van der Waals surface area contributed by atoms with Crippen molar-refractivity contribution >= 4 is 5.69 Å². The number of rotatable bonds is 2. The van der Waals surface area contributed by atoms with Gasteiger partial charge in [0.15, 0.2) is 0 Å². The molecule has 18 heavy (non-hydrogen) atoms. The van der Waals surface area contributed by atoms with Gasteiger partial charge in [0.1, 0.15) is 5.76 Å². The maximum atomic E-state index is 5.14. The first-order valence-electron chi connectivity index (χ1n) is 6.48. The molecule has 1 aromatic heterocycles. The second kappa shape index (κ2) is 4.48. The van der Waals surface area contributed by atoms with Gasteiger partial charge in [-0.2, -0.15) is 0 Å². The molecule has 0 N–H and O–H groups in total. The van der Waals surface area contributed by atoms with E-state index in [0.717, 1.165) is 18.8 Å². The Morgan fingerprint density at radius 3 is 3.00 bits per heavy atom. The van der Waals surface area contributed by atoms with Crippen molar-refractivity contribution in [2.45, 2.75) is 33.2 Å². The summed E-state index contributed by atoms with van der Waals surface area (Å²) in [6.07, 6.45) is 4.24. The summed E-state index contributed by atoms with van der Waals surface area (Å²) >= 11 is 0. The van der Waals surface area contributed by atoms with Crippen molar-refractivity contribution in [1.82, 2.24) is 5.16 Å². The predicted molar refractivity (Wildman–Crippen MR) is 71.8 cm³/mol. The van der Waals surface area contributed by atoms with Crippen molar-refractivity contribution in [3.63, 3.8) is 0 Å². The van der Waals surface area contributed by atoms with Crippen LogP contribution in [-0.2, 0) is 13.0 Å². The van der Waals surface area contributed by atoms with Crippen molar-refractivity contribution in [3.05, 3.63) is 46.8 Å². The van der Waals surface area contributed by atoms with E-state index in [1.807, 2.05) is 13.1 Å². The fourth-order valence-corrected chi connectivity index (χ4v) is 2.64. The summed E-state index contributed by atoms with van der Waals surface area (Å²) < 4.78 is 5.14. The molecule has 0 unspecified atom stereocenters. The van der Waals surface area contributed by atoms with Gasteiger partial charge in [0, 0.05) is 24.3 Å². The van der Waals surface area contributed by atoms with Gasteiger partial charge in [0.2, 0.25) is 0 Å². The summed E-state index contributed by atoms with van der Waals surface area (Å²) in [6.45, 7) is 6.14. The van der Waals surface area contributed by atoms with Crippen LogP contribution in [0.25, 0.3) is 0 Å². The van der Waals surface area contributed by atoms with Crippen LogP contribution in [0.4, 0.5) is 5.69 Å². The molecule has 3 nitrogen and oxygen atoms in total. The molecular formula is C15H18N2O. The van der Waals surface area contributed by atoms with Crippen LogP contribution in [0, 0.1) is 13.8 Å². The van der Waals surface area contributed by atoms with E-state index >= 15 is 0 Å². The zero-order chi connectivity index (χ0) is 12.5. The molecule has 0 fully saturated rings. The molecule has 0 bridgehead atoms. The first kappa shape index (κ1) is 11.3. The monoisotopic (exact) mass is 242 g/mol. The van der Waals surface area contributed by atoms with Crippen molar-refractivity contribution in [3.8, 4) is 0 Å². The Balaban J connectivity index is 1.90. The third-order valence-electron chi connectivity index (χ3n) is 3.66. The molecule has 3 rings (SSSR count). The van der Waals surface area contributed by atoms with Gasteiger partial charge in [0.25, 0.3) is 0 Å². The van der Waals surface area contributed by atoms with Crippen LogP contribution in [0.5, 0.6) is 0 Å². The van der Waals surface area contributed by atoms with Crippen molar-refractivity contribution in [2.24, 2.45) is 0 Å². The molecule has 1 aliphatic heterocycles. The van der Waals surface area contributed by atoms with Gasteiger partial charge in [-0.15, -0.1) is 0 Å². The average Bonchev–Trinajstić information content (AvgIpc) is 2.75. The summed E-state index contributed by atoms with van der Waals surface area (Å²) in [4.78, 5) is 2.43. The molecule has 0 saturated heterocycles. The SMILES string of the molecule is Cc1ccc2c(c1)CCCN2Cc1cnoc1C. The smallest absolute Gasteiger partial charge is 0.138 e. The molecule has 3 heteroatoms. The fourth-order valence-electron chi connectivity index (χ4n) is 2.64. The molecule has 2 heterocycles. The minimum atomic E-state index is 0.894. The highest BCUT2D eigenvalue weighted by atomic mass is 16.5. The number of hydrogen-bond donors (Lipinski definition) is 0. The van der Waals surface area contributed by atoms with Crippen molar-refractivity contribution in [2.75, 3.05) is 11.4 Å². The van der Waals surface area contributed by atoms with Gasteiger partial charge < -0.3 is 9.42 Å². The lowest BCUT2D eigenvalue weighted by atomic mass is 9.99. The van der Waals surface area contributed by atoms with Gasteiger partial charge in [-0.3, -0.25) is 0 Å². The van der Waals surface area contributed by atoms with Crippen LogP contribution in [0.3, 0.4) is 0 Å².